The zero-order valence-corrected chi connectivity index (χ0v) is 9.09. The number of anilines is 1. The molecule has 1 heterocycles. The zero-order chi connectivity index (χ0) is 10.6. The SMILES string of the molecule is C=C(CC)CNc1nc(C)cnc1C. The quantitative estimate of drug-likeness (QED) is 0.743. The van der Waals surface area contributed by atoms with Crippen molar-refractivity contribution in [3.8, 4) is 0 Å². The fourth-order valence-electron chi connectivity index (χ4n) is 1.04. The van der Waals surface area contributed by atoms with E-state index in [1.54, 1.807) is 6.20 Å². The second-order valence-electron chi connectivity index (χ2n) is 3.40. The lowest BCUT2D eigenvalue weighted by atomic mass is 10.2. The van der Waals surface area contributed by atoms with Crippen LogP contribution < -0.4 is 5.32 Å². The maximum atomic E-state index is 4.36. The topological polar surface area (TPSA) is 37.8 Å². The van der Waals surface area contributed by atoms with Crippen LogP contribution in [0.5, 0.6) is 0 Å². The highest BCUT2D eigenvalue weighted by molar-refractivity contribution is 5.40. The highest BCUT2D eigenvalue weighted by Gasteiger charge is 2.00. The van der Waals surface area contributed by atoms with E-state index in [1.807, 2.05) is 13.8 Å². The third kappa shape index (κ3) is 2.83. The number of nitrogens with zero attached hydrogens (tertiary/aromatic N) is 2. The summed E-state index contributed by atoms with van der Waals surface area (Å²) in [5.41, 5.74) is 3.03. The van der Waals surface area contributed by atoms with Crippen LogP contribution >= 0.6 is 0 Å². The molecule has 0 radical (unpaired) electrons. The van der Waals surface area contributed by atoms with Crippen LogP contribution in [-0.2, 0) is 0 Å². The predicted octanol–water partition coefficient (Wildman–Crippen LogP) is 2.47. The number of aryl methyl sites for hydroxylation is 2. The summed E-state index contributed by atoms with van der Waals surface area (Å²) < 4.78 is 0. The van der Waals surface area contributed by atoms with Crippen LogP contribution in [0.3, 0.4) is 0 Å². The van der Waals surface area contributed by atoms with Crippen LogP contribution in [0, 0.1) is 13.8 Å². The Morgan fingerprint density at radius 2 is 2.21 bits per heavy atom. The van der Waals surface area contributed by atoms with E-state index in [2.05, 4.69) is 28.8 Å². The minimum atomic E-state index is 0.773. The first-order valence-electron chi connectivity index (χ1n) is 4.84. The monoisotopic (exact) mass is 191 g/mol. The Bertz CT molecular complexity index is 331. The molecule has 14 heavy (non-hydrogen) atoms. The molecule has 1 N–H and O–H groups in total. The first-order valence-corrected chi connectivity index (χ1v) is 4.84. The molecule has 0 fully saturated rings. The maximum Gasteiger partial charge on any atom is 0.148 e. The van der Waals surface area contributed by atoms with E-state index < -0.39 is 0 Å². The number of aromatic nitrogens is 2. The molecule has 0 atom stereocenters. The van der Waals surface area contributed by atoms with Crippen molar-refractivity contribution in [2.45, 2.75) is 27.2 Å². The van der Waals surface area contributed by atoms with Crippen molar-refractivity contribution < 1.29 is 0 Å². The zero-order valence-electron chi connectivity index (χ0n) is 9.09. The van der Waals surface area contributed by atoms with Crippen LogP contribution in [0.25, 0.3) is 0 Å². The Hall–Kier alpha value is -1.38. The van der Waals surface area contributed by atoms with Gasteiger partial charge in [0.1, 0.15) is 5.82 Å². The van der Waals surface area contributed by atoms with Crippen LogP contribution in [0.4, 0.5) is 5.82 Å². The Labute approximate surface area is 85.3 Å². The molecule has 0 bridgehead atoms. The molecular weight excluding hydrogens is 174 g/mol. The van der Waals surface area contributed by atoms with E-state index in [-0.39, 0.29) is 0 Å². The number of hydrogen-bond acceptors (Lipinski definition) is 3. The average Bonchev–Trinajstić information content (AvgIpc) is 2.19. The molecular formula is C11H17N3. The van der Waals surface area contributed by atoms with Crippen molar-refractivity contribution in [2.75, 3.05) is 11.9 Å². The average molecular weight is 191 g/mol. The summed E-state index contributed by atoms with van der Waals surface area (Å²) in [6.07, 6.45) is 2.76. The van der Waals surface area contributed by atoms with Crippen molar-refractivity contribution in [2.24, 2.45) is 0 Å². The third-order valence-electron chi connectivity index (χ3n) is 2.08. The molecule has 0 spiro atoms. The summed E-state index contributed by atoms with van der Waals surface area (Å²) in [4.78, 5) is 8.59. The molecule has 1 aromatic rings. The summed E-state index contributed by atoms with van der Waals surface area (Å²) in [5, 5.41) is 3.23. The van der Waals surface area contributed by atoms with E-state index in [4.69, 9.17) is 0 Å². The fraction of sp³-hybridized carbons (Fsp3) is 0.455. The standard InChI is InChI=1S/C11H17N3/c1-5-8(2)6-13-11-10(4)12-7-9(3)14-11/h7H,2,5-6H2,1,3-4H3,(H,13,14). The fourth-order valence-corrected chi connectivity index (χ4v) is 1.04. The maximum absolute atomic E-state index is 4.36. The summed E-state index contributed by atoms with van der Waals surface area (Å²) in [7, 11) is 0. The minimum Gasteiger partial charge on any atom is -0.365 e. The first kappa shape index (κ1) is 10.7. The van der Waals surface area contributed by atoms with Gasteiger partial charge in [-0.2, -0.15) is 0 Å². The normalized spacial score (nSPS) is 9.93. The number of rotatable bonds is 4. The van der Waals surface area contributed by atoms with Gasteiger partial charge in [0.05, 0.1) is 11.4 Å². The smallest absolute Gasteiger partial charge is 0.148 e. The molecule has 1 rings (SSSR count). The molecule has 3 nitrogen and oxygen atoms in total. The van der Waals surface area contributed by atoms with Gasteiger partial charge in [0.15, 0.2) is 0 Å². The van der Waals surface area contributed by atoms with Crippen LogP contribution in [0.15, 0.2) is 18.3 Å². The molecule has 3 heteroatoms. The van der Waals surface area contributed by atoms with Crippen LogP contribution in [0.1, 0.15) is 24.7 Å². The van der Waals surface area contributed by atoms with Gasteiger partial charge < -0.3 is 5.32 Å². The van der Waals surface area contributed by atoms with E-state index in [0.29, 0.717) is 0 Å². The van der Waals surface area contributed by atoms with Crippen LogP contribution in [0.2, 0.25) is 0 Å². The second kappa shape index (κ2) is 4.74. The van der Waals surface area contributed by atoms with Crippen molar-refractivity contribution in [1.29, 1.82) is 0 Å². The van der Waals surface area contributed by atoms with Gasteiger partial charge in [0, 0.05) is 12.7 Å². The molecule has 0 aliphatic carbocycles. The van der Waals surface area contributed by atoms with Crippen LogP contribution in [-0.4, -0.2) is 16.5 Å². The molecule has 0 amide bonds. The van der Waals surface area contributed by atoms with Gasteiger partial charge in [-0.15, -0.1) is 0 Å². The Balaban J connectivity index is 2.66. The summed E-state index contributed by atoms with van der Waals surface area (Å²) in [6.45, 7) is 10.7. The lowest BCUT2D eigenvalue weighted by Crippen LogP contribution is -2.08. The molecule has 0 aromatic carbocycles. The molecule has 0 saturated carbocycles. The van der Waals surface area contributed by atoms with Gasteiger partial charge in [-0.25, -0.2) is 4.98 Å². The molecule has 76 valence electrons. The first-order chi connectivity index (χ1) is 6.63. The van der Waals surface area contributed by atoms with E-state index in [0.717, 1.165) is 30.2 Å². The van der Waals surface area contributed by atoms with Gasteiger partial charge in [-0.3, -0.25) is 4.98 Å². The van der Waals surface area contributed by atoms with Gasteiger partial charge in [0.2, 0.25) is 0 Å². The van der Waals surface area contributed by atoms with Crippen molar-refractivity contribution in [3.63, 3.8) is 0 Å². The summed E-state index contributed by atoms with van der Waals surface area (Å²) >= 11 is 0. The molecule has 0 aliphatic rings. The minimum absolute atomic E-state index is 0.773. The van der Waals surface area contributed by atoms with E-state index >= 15 is 0 Å². The molecule has 0 saturated heterocycles. The third-order valence-corrected chi connectivity index (χ3v) is 2.08. The summed E-state index contributed by atoms with van der Waals surface area (Å²) in [5.74, 6) is 0.861. The molecule has 1 aromatic heterocycles. The lowest BCUT2D eigenvalue weighted by molar-refractivity contribution is 1.00. The Kier molecular flexibility index (Phi) is 3.63. The number of hydrogen-bond donors (Lipinski definition) is 1. The Morgan fingerprint density at radius 3 is 2.86 bits per heavy atom. The van der Waals surface area contributed by atoms with E-state index in [1.165, 1.54) is 5.57 Å². The van der Waals surface area contributed by atoms with Gasteiger partial charge in [-0.05, 0) is 20.3 Å². The van der Waals surface area contributed by atoms with Gasteiger partial charge in [0.25, 0.3) is 0 Å². The van der Waals surface area contributed by atoms with Gasteiger partial charge >= 0.3 is 0 Å². The van der Waals surface area contributed by atoms with Crippen molar-refractivity contribution in [1.82, 2.24) is 9.97 Å². The lowest BCUT2D eigenvalue weighted by Gasteiger charge is -2.08. The van der Waals surface area contributed by atoms with E-state index in [9.17, 15) is 0 Å². The van der Waals surface area contributed by atoms with Gasteiger partial charge in [-0.1, -0.05) is 19.1 Å². The van der Waals surface area contributed by atoms with Crippen molar-refractivity contribution in [3.05, 3.63) is 29.7 Å². The highest BCUT2D eigenvalue weighted by atomic mass is 15.0. The number of nitrogens with one attached hydrogen (secondary N) is 1. The highest BCUT2D eigenvalue weighted by Crippen LogP contribution is 2.09. The summed E-state index contributed by atoms with van der Waals surface area (Å²) in [6, 6.07) is 0. The second-order valence-corrected chi connectivity index (χ2v) is 3.40. The predicted molar refractivity (Wildman–Crippen MR) is 59.4 cm³/mol. The Morgan fingerprint density at radius 1 is 1.50 bits per heavy atom. The molecule has 0 aliphatic heterocycles. The molecule has 0 unspecified atom stereocenters. The van der Waals surface area contributed by atoms with Crippen molar-refractivity contribution >= 4 is 5.82 Å². The largest absolute Gasteiger partial charge is 0.365 e.